The zero-order valence-electron chi connectivity index (χ0n) is 13.2. The van der Waals surface area contributed by atoms with Crippen LogP contribution in [0.25, 0.3) is 0 Å². The first-order valence-corrected chi connectivity index (χ1v) is 7.51. The van der Waals surface area contributed by atoms with Crippen molar-refractivity contribution in [3.05, 3.63) is 30.3 Å². The van der Waals surface area contributed by atoms with Crippen LogP contribution in [-0.2, 0) is 9.53 Å². The molecule has 0 aliphatic heterocycles. The van der Waals surface area contributed by atoms with Gasteiger partial charge in [-0.1, -0.05) is 58.2 Å². The number of ether oxygens (including phenoxy) is 2. The van der Waals surface area contributed by atoms with Gasteiger partial charge in [0.05, 0.1) is 0 Å². The van der Waals surface area contributed by atoms with E-state index in [4.69, 9.17) is 9.47 Å². The first-order chi connectivity index (χ1) is 9.63. The van der Waals surface area contributed by atoms with E-state index < -0.39 is 0 Å². The van der Waals surface area contributed by atoms with Crippen LogP contribution in [-0.4, -0.2) is 18.7 Å². The highest BCUT2D eigenvalue weighted by atomic mass is 16.6. The zero-order chi connectivity index (χ0) is 15.2. The van der Waals surface area contributed by atoms with E-state index in [1.165, 1.54) is 19.3 Å². The Hall–Kier alpha value is -1.51. The third-order valence-corrected chi connectivity index (χ3v) is 2.56. The lowest BCUT2D eigenvalue weighted by molar-refractivity contribution is -0.145. The molecule has 0 fully saturated rings. The molecule has 0 aliphatic carbocycles. The molecule has 0 saturated heterocycles. The van der Waals surface area contributed by atoms with E-state index in [1.807, 2.05) is 37.3 Å². The van der Waals surface area contributed by atoms with Gasteiger partial charge in [-0.3, -0.25) is 4.79 Å². The highest BCUT2D eigenvalue weighted by molar-refractivity contribution is 5.68. The molecular formula is C17H28O3. The molecule has 0 aliphatic rings. The number of benzene rings is 1. The Morgan fingerprint density at radius 3 is 2.15 bits per heavy atom. The highest BCUT2D eigenvalue weighted by Gasteiger charge is 2.06. The molecule has 0 saturated carbocycles. The number of carbonyl (C=O) groups excluding carboxylic acids is 1. The van der Waals surface area contributed by atoms with Crippen LogP contribution in [0.1, 0.15) is 53.4 Å². The fourth-order valence-corrected chi connectivity index (χ4v) is 1.43. The van der Waals surface area contributed by atoms with E-state index >= 15 is 0 Å². The summed E-state index contributed by atoms with van der Waals surface area (Å²) in [7, 11) is 0. The van der Waals surface area contributed by atoms with Gasteiger partial charge < -0.3 is 9.47 Å². The number of hydrogen-bond donors (Lipinski definition) is 0. The Balaban J connectivity index is 0.000000621. The van der Waals surface area contributed by atoms with Crippen molar-refractivity contribution in [1.82, 2.24) is 0 Å². The topological polar surface area (TPSA) is 35.5 Å². The molecule has 1 rings (SSSR count). The smallest absolute Gasteiger partial charge is 0.305 e. The summed E-state index contributed by atoms with van der Waals surface area (Å²) < 4.78 is 10.5. The minimum absolute atomic E-state index is 0.122. The maximum Gasteiger partial charge on any atom is 0.305 e. The second kappa shape index (κ2) is 12.5. The van der Waals surface area contributed by atoms with Gasteiger partial charge >= 0.3 is 5.97 Å². The van der Waals surface area contributed by atoms with Crippen molar-refractivity contribution in [2.45, 2.75) is 59.5 Å². The first kappa shape index (κ1) is 18.5. The first-order valence-electron chi connectivity index (χ1n) is 7.51. The van der Waals surface area contributed by atoms with E-state index in [2.05, 4.69) is 13.8 Å². The van der Waals surface area contributed by atoms with Crippen molar-refractivity contribution in [1.29, 1.82) is 0 Å². The van der Waals surface area contributed by atoms with Crippen LogP contribution < -0.4 is 4.74 Å². The van der Waals surface area contributed by atoms with Crippen molar-refractivity contribution < 1.29 is 14.3 Å². The van der Waals surface area contributed by atoms with Crippen LogP contribution in [0.2, 0.25) is 0 Å². The predicted octanol–water partition coefficient (Wildman–Crippen LogP) is 4.60. The molecule has 0 amide bonds. The third-order valence-electron chi connectivity index (χ3n) is 2.56. The lowest BCUT2D eigenvalue weighted by Gasteiger charge is -2.14. The molecule has 1 atom stereocenters. The fraction of sp³-hybridized carbons (Fsp3) is 0.588. The van der Waals surface area contributed by atoms with Crippen molar-refractivity contribution in [3.63, 3.8) is 0 Å². The molecule has 1 unspecified atom stereocenters. The number of esters is 1. The summed E-state index contributed by atoms with van der Waals surface area (Å²) in [5, 5.41) is 0. The van der Waals surface area contributed by atoms with Crippen molar-refractivity contribution in [3.8, 4) is 5.75 Å². The average molecular weight is 280 g/mol. The molecule has 0 heterocycles. The van der Waals surface area contributed by atoms with E-state index in [0.717, 1.165) is 5.75 Å². The summed E-state index contributed by atoms with van der Waals surface area (Å²) in [4.78, 5) is 10.9. The van der Waals surface area contributed by atoms with E-state index in [0.29, 0.717) is 13.0 Å². The van der Waals surface area contributed by atoms with Crippen LogP contribution >= 0.6 is 0 Å². The van der Waals surface area contributed by atoms with Crippen molar-refractivity contribution in [2.75, 3.05) is 6.61 Å². The molecular weight excluding hydrogens is 252 g/mol. The van der Waals surface area contributed by atoms with E-state index in [1.54, 1.807) is 6.92 Å². The Morgan fingerprint density at radius 2 is 1.70 bits per heavy atom. The predicted molar refractivity (Wildman–Crippen MR) is 83.0 cm³/mol. The van der Waals surface area contributed by atoms with E-state index in [9.17, 15) is 4.79 Å². The Bertz CT molecular complexity index is 333. The largest absolute Gasteiger partial charge is 0.487 e. The SMILES string of the molecule is CCC(=O)OCC(C)Oc1ccccc1.CCCCC. The molecule has 3 heteroatoms. The molecule has 0 spiro atoms. The normalized spacial score (nSPS) is 11.0. The Labute approximate surface area is 123 Å². The molecule has 0 radical (unpaired) electrons. The summed E-state index contributed by atoms with van der Waals surface area (Å²) in [6.07, 6.45) is 4.35. The number of unbranched alkanes of at least 4 members (excludes halogenated alkanes) is 2. The number of hydrogen-bond acceptors (Lipinski definition) is 3. The third kappa shape index (κ3) is 10.4. The van der Waals surface area contributed by atoms with Gasteiger partial charge in [-0.25, -0.2) is 0 Å². The van der Waals surface area contributed by atoms with Gasteiger partial charge in [0, 0.05) is 6.42 Å². The Morgan fingerprint density at radius 1 is 1.10 bits per heavy atom. The molecule has 3 nitrogen and oxygen atoms in total. The van der Waals surface area contributed by atoms with Gasteiger partial charge in [-0.2, -0.15) is 0 Å². The second-order valence-electron chi connectivity index (χ2n) is 4.63. The van der Waals surface area contributed by atoms with Gasteiger partial charge in [0.15, 0.2) is 0 Å². The van der Waals surface area contributed by atoms with Crippen LogP contribution in [0.3, 0.4) is 0 Å². The summed E-state index contributed by atoms with van der Waals surface area (Å²) >= 11 is 0. The van der Waals surface area contributed by atoms with Gasteiger partial charge in [0.25, 0.3) is 0 Å². The van der Waals surface area contributed by atoms with Crippen molar-refractivity contribution >= 4 is 5.97 Å². The van der Waals surface area contributed by atoms with Gasteiger partial charge in [-0.05, 0) is 19.1 Å². The van der Waals surface area contributed by atoms with Crippen LogP contribution in [0, 0.1) is 0 Å². The second-order valence-corrected chi connectivity index (χ2v) is 4.63. The number of carbonyl (C=O) groups is 1. The highest BCUT2D eigenvalue weighted by Crippen LogP contribution is 2.10. The molecule has 1 aromatic carbocycles. The number of rotatable bonds is 7. The molecule has 20 heavy (non-hydrogen) atoms. The maximum absolute atomic E-state index is 10.9. The summed E-state index contributed by atoms with van der Waals surface area (Å²) in [6.45, 7) is 8.36. The average Bonchev–Trinajstić information content (AvgIpc) is 2.47. The minimum Gasteiger partial charge on any atom is -0.487 e. The van der Waals surface area contributed by atoms with Crippen LogP contribution in [0.5, 0.6) is 5.75 Å². The summed E-state index contributed by atoms with van der Waals surface area (Å²) in [5.74, 6) is 0.594. The minimum atomic E-state index is -0.196. The standard InChI is InChI=1S/C12H16O3.C5H12/c1-3-12(13)14-9-10(2)15-11-7-5-4-6-8-11;1-3-5-4-2/h4-8,10H,3,9H2,1-2H3;3-5H2,1-2H3. The molecule has 0 bridgehead atoms. The maximum atomic E-state index is 10.9. The number of para-hydroxylation sites is 1. The molecule has 1 aromatic rings. The van der Waals surface area contributed by atoms with Gasteiger partial charge in [-0.15, -0.1) is 0 Å². The van der Waals surface area contributed by atoms with Crippen LogP contribution in [0.15, 0.2) is 30.3 Å². The fourth-order valence-electron chi connectivity index (χ4n) is 1.43. The van der Waals surface area contributed by atoms with Gasteiger partial charge in [0.1, 0.15) is 18.5 Å². The lowest BCUT2D eigenvalue weighted by Crippen LogP contribution is -2.21. The quantitative estimate of drug-likeness (QED) is 0.684. The monoisotopic (exact) mass is 280 g/mol. The zero-order valence-corrected chi connectivity index (χ0v) is 13.2. The van der Waals surface area contributed by atoms with E-state index in [-0.39, 0.29) is 12.1 Å². The lowest BCUT2D eigenvalue weighted by atomic mass is 10.3. The van der Waals surface area contributed by atoms with Crippen molar-refractivity contribution in [2.24, 2.45) is 0 Å². The van der Waals surface area contributed by atoms with Gasteiger partial charge in [0.2, 0.25) is 0 Å². The molecule has 0 aromatic heterocycles. The summed E-state index contributed by atoms with van der Waals surface area (Å²) in [6, 6.07) is 9.48. The summed E-state index contributed by atoms with van der Waals surface area (Å²) in [5.41, 5.74) is 0. The Kier molecular flexibility index (Phi) is 11.6. The molecule has 114 valence electrons. The van der Waals surface area contributed by atoms with Crippen LogP contribution in [0.4, 0.5) is 0 Å². The molecule has 0 N–H and O–H groups in total.